The molecule has 0 spiro atoms. The van der Waals surface area contributed by atoms with Crippen LogP contribution >= 0.6 is 0 Å². The van der Waals surface area contributed by atoms with E-state index in [1.54, 1.807) is 0 Å². The molecule has 4 nitrogen and oxygen atoms in total. The molecule has 1 aliphatic rings. The van der Waals surface area contributed by atoms with Gasteiger partial charge in [0.05, 0.1) is 6.10 Å². The third-order valence-electron chi connectivity index (χ3n) is 4.14. The van der Waals surface area contributed by atoms with E-state index in [9.17, 15) is 0 Å². The number of benzene rings is 1. The third-order valence-corrected chi connectivity index (χ3v) is 4.14. The van der Waals surface area contributed by atoms with Crippen molar-refractivity contribution in [3.8, 4) is 5.75 Å². The molecule has 0 saturated carbocycles. The van der Waals surface area contributed by atoms with E-state index in [1.165, 1.54) is 6.42 Å². The third kappa shape index (κ3) is 4.43. The topological polar surface area (TPSA) is 41.7 Å². The molecule has 2 N–H and O–H groups in total. The molecule has 2 atom stereocenters. The molecule has 0 aromatic heterocycles. The largest absolute Gasteiger partial charge is 0.491 e. The number of ether oxygens (including phenoxy) is 1. The second kappa shape index (κ2) is 7.25. The highest BCUT2D eigenvalue weighted by molar-refractivity contribution is 5.31. The van der Waals surface area contributed by atoms with Crippen LogP contribution in [-0.4, -0.2) is 55.7 Å². The van der Waals surface area contributed by atoms with Gasteiger partial charge < -0.3 is 20.3 Å². The Morgan fingerprint density at radius 2 is 2.00 bits per heavy atom. The zero-order valence-electron chi connectivity index (χ0n) is 13.7. The van der Waals surface area contributed by atoms with Crippen LogP contribution in [0.25, 0.3) is 0 Å². The molecule has 1 heterocycles. The minimum absolute atomic E-state index is 0.00580. The number of nitrogens with zero attached hydrogens (tertiary/aromatic N) is 2. The molecule has 1 aromatic rings. The molecule has 1 fully saturated rings. The first kappa shape index (κ1) is 16.3. The van der Waals surface area contributed by atoms with E-state index >= 15 is 0 Å². The molecule has 1 aliphatic heterocycles. The first-order valence-corrected chi connectivity index (χ1v) is 7.88. The van der Waals surface area contributed by atoms with Gasteiger partial charge in [-0.3, -0.25) is 0 Å². The summed E-state index contributed by atoms with van der Waals surface area (Å²) in [5.74, 6) is 0.905. The summed E-state index contributed by atoms with van der Waals surface area (Å²) in [6.45, 7) is 7.34. The Morgan fingerprint density at radius 1 is 1.24 bits per heavy atom. The van der Waals surface area contributed by atoms with Crippen molar-refractivity contribution < 1.29 is 4.74 Å². The Hall–Kier alpha value is -1.10. The van der Waals surface area contributed by atoms with E-state index in [2.05, 4.69) is 36.0 Å². The van der Waals surface area contributed by atoms with Crippen LogP contribution in [0.15, 0.2) is 24.3 Å². The molecule has 1 saturated heterocycles. The van der Waals surface area contributed by atoms with Crippen molar-refractivity contribution in [1.29, 1.82) is 0 Å². The van der Waals surface area contributed by atoms with Crippen LogP contribution < -0.4 is 10.5 Å². The van der Waals surface area contributed by atoms with Crippen LogP contribution in [0.4, 0.5) is 0 Å². The quantitative estimate of drug-likeness (QED) is 0.922. The molecule has 0 aliphatic carbocycles. The maximum atomic E-state index is 6.57. The second-order valence-corrected chi connectivity index (χ2v) is 6.43. The van der Waals surface area contributed by atoms with Crippen LogP contribution in [0.5, 0.6) is 5.75 Å². The van der Waals surface area contributed by atoms with E-state index in [1.807, 2.05) is 26.0 Å². The lowest BCUT2D eigenvalue weighted by Crippen LogP contribution is -2.45. The van der Waals surface area contributed by atoms with E-state index in [0.29, 0.717) is 6.04 Å². The lowest BCUT2D eigenvalue weighted by Gasteiger charge is -2.32. The molecule has 0 amide bonds. The smallest absolute Gasteiger partial charge is 0.120 e. The summed E-state index contributed by atoms with van der Waals surface area (Å²) in [6, 6.07) is 8.57. The number of hydrogen-bond donors (Lipinski definition) is 1. The van der Waals surface area contributed by atoms with E-state index < -0.39 is 0 Å². The first-order chi connectivity index (χ1) is 9.97. The number of rotatable bonds is 4. The fraction of sp³-hybridized carbons (Fsp3) is 0.647. The summed E-state index contributed by atoms with van der Waals surface area (Å²) in [7, 11) is 4.36. The predicted molar refractivity (Wildman–Crippen MR) is 87.7 cm³/mol. The zero-order valence-corrected chi connectivity index (χ0v) is 13.7. The van der Waals surface area contributed by atoms with Crippen LogP contribution in [0.1, 0.15) is 31.9 Å². The molecule has 1 aromatic carbocycles. The van der Waals surface area contributed by atoms with Gasteiger partial charge >= 0.3 is 0 Å². The molecular formula is C17H29N3O. The van der Waals surface area contributed by atoms with Crippen LogP contribution in [0.2, 0.25) is 0 Å². The van der Waals surface area contributed by atoms with Gasteiger partial charge in [-0.25, -0.2) is 0 Å². The zero-order chi connectivity index (χ0) is 15.4. The van der Waals surface area contributed by atoms with Crippen LogP contribution in [-0.2, 0) is 0 Å². The molecule has 0 bridgehead atoms. The summed E-state index contributed by atoms with van der Waals surface area (Å²) in [6.07, 6.45) is 1.38. The standard InChI is InChI=1S/C17H29N3O/c1-13(2)21-15-8-5-7-14(11-15)17(18)16-12-19(3)9-6-10-20(16)4/h5,7-8,11,13,16-17H,6,9-10,12,18H2,1-4H3. The fourth-order valence-corrected chi connectivity index (χ4v) is 2.98. The average Bonchev–Trinajstić information content (AvgIpc) is 2.59. The molecule has 2 rings (SSSR count). The summed E-state index contributed by atoms with van der Waals surface area (Å²) >= 11 is 0. The van der Waals surface area contributed by atoms with Gasteiger partial charge in [0, 0.05) is 18.6 Å². The Kier molecular flexibility index (Phi) is 5.62. The monoisotopic (exact) mass is 291 g/mol. The first-order valence-electron chi connectivity index (χ1n) is 7.88. The lowest BCUT2D eigenvalue weighted by molar-refractivity contribution is 0.196. The van der Waals surface area contributed by atoms with Crippen molar-refractivity contribution in [2.75, 3.05) is 33.7 Å². The molecule has 0 radical (unpaired) electrons. The van der Waals surface area contributed by atoms with Crippen molar-refractivity contribution in [2.45, 2.75) is 38.5 Å². The van der Waals surface area contributed by atoms with Gasteiger partial charge in [-0.15, -0.1) is 0 Å². The molecule has 4 heteroatoms. The number of nitrogens with two attached hydrogens (primary N) is 1. The maximum Gasteiger partial charge on any atom is 0.120 e. The van der Waals surface area contributed by atoms with Crippen LogP contribution in [0.3, 0.4) is 0 Å². The summed E-state index contributed by atoms with van der Waals surface area (Å²) in [5, 5.41) is 0. The van der Waals surface area contributed by atoms with Gasteiger partial charge in [0.15, 0.2) is 0 Å². The highest BCUT2D eigenvalue weighted by Gasteiger charge is 2.27. The molecule has 21 heavy (non-hydrogen) atoms. The Morgan fingerprint density at radius 3 is 2.71 bits per heavy atom. The van der Waals surface area contributed by atoms with Crippen molar-refractivity contribution in [3.05, 3.63) is 29.8 Å². The van der Waals surface area contributed by atoms with Crippen molar-refractivity contribution in [2.24, 2.45) is 5.73 Å². The normalized spacial score (nSPS) is 23.0. The molecule has 2 unspecified atom stereocenters. The van der Waals surface area contributed by atoms with Crippen molar-refractivity contribution in [3.63, 3.8) is 0 Å². The highest BCUT2D eigenvalue weighted by Crippen LogP contribution is 2.24. The Bertz CT molecular complexity index is 449. The predicted octanol–water partition coefficient (Wildman–Crippen LogP) is 2.11. The van der Waals surface area contributed by atoms with Gasteiger partial charge in [0.2, 0.25) is 0 Å². The number of likely N-dealkylation sites (N-methyl/N-ethyl adjacent to an activating group) is 2. The van der Waals surface area contributed by atoms with Crippen molar-refractivity contribution >= 4 is 0 Å². The Labute approximate surface area is 128 Å². The van der Waals surface area contributed by atoms with E-state index in [4.69, 9.17) is 10.5 Å². The SMILES string of the molecule is CC(C)Oc1cccc(C(N)C2CN(C)CCCN2C)c1. The second-order valence-electron chi connectivity index (χ2n) is 6.43. The molecular weight excluding hydrogens is 262 g/mol. The van der Waals surface area contributed by atoms with Gasteiger partial charge in [0.1, 0.15) is 5.75 Å². The van der Waals surface area contributed by atoms with Gasteiger partial charge in [-0.2, -0.15) is 0 Å². The van der Waals surface area contributed by atoms with Gasteiger partial charge in [0.25, 0.3) is 0 Å². The number of hydrogen-bond acceptors (Lipinski definition) is 4. The summed E-state index contributed by atoms with van der Waals surface area (Å²) < 4.78 is 5.79. The summed E-state index contributed by atoms with van der Waals surface area (Å²) in [5.41, 5.74) is 7.72. The fourth-order valence-electron chi connectivity index (χ4n) is 2.98. The highest BCUT2D eigenvalue weighted by atomic mass is 16.5. The van der Waals surface area contributed by atoms with Crippen molar-refractivity contribution in [1.82, 2.24) is 9.80 Å². The van der Waals surface area contributed by atoms with Gasteiger partial charge in [-0.1, -0.05) is 12.1 Å². The van der Waals surface area contributed by atoms with E-state index in [-0.39, 0.29) is 12.1 Å². The summed E-state index contributed by atoms with van der Waals surface area (Å²) in [4.78, 5) is 4.77. The average molecular weight is 291 g/mol. The van der Waals surface area contributed by atoms with E-state index in [0.717, 1.165) is 30.9 Å². The Balaban J connectivity index is 2.15. The minimum atomic E-state index is 0.00580. The van der Waals surface area contributed by atoms with Gasteiger partial charge in [-0.05, 0) is 65.1 Å². The maximum absolute atomic E-state index is 6.57. The van der Waals surface area contributed by atoms with Crippen LogP contribution in [0, 0.1) is 0 Å². The molecule has 118 valence electrons. The lowest BCUT2D eigenvalue weighted by atomic mass is 9.98. The minimum Gasteiger partial charge on any atom is -0.491 e.